The van der Waals surface area contributed by atoms with Crippen molar-refractivity contribution in [3.8, 4) is 5.75 Å². The molecule has 0 radical (unpaired) electrons. The molecule has 2 saturated heterocycles. The van der Waals surface area contributed by atoms with E-state index in [2.05, 4.69) is 11.0 Å². The average molecular weight is 334 g/mol. The Kier molecular flexibility index (Phi) is 6.90. The Morgan fingerprint density at radius 1 is 1.04 bits per heavy atom. The Labute approximate surface area is 145 Å². The fourth-order valence-electron chi connectivity index (χ4n) is 3.42. The van der Waals surface area contributed by atoms with Crippen molar-refractivity contribution in [2.45, 2.75) is 44.8 Å². The van der Waals surface area contributed by atoms with Gasteiger partial charge in [-0.1, -0.05) is 24.6 Å². The van der Waals surface area contributed by atoms with E-state index in [4.69, 9.17) is 9.57 Å². The predicted molar refractivity (Wildman–Crippen MR) is 93.8 cm³/mol. The summed E-state index contributed by atoms with van der Waals surface area (Å²) in [6, 6.07) is 8.06. The van der Waals surface area contributed by atoms with Gasteiger partial charge in [0.05, 0.1) is 13.2 Å². The lowest BCUT2D eigenvalue weighted by Gasteiger charge is -2.29. The molecule has 24 heavy (non-hydrogen) atoms. The number of aliphatic hydroxyl groups is 1. The molecule has 0 saturated carbocycles. The van der Waals surface area contributed by atoms with E-state index >= 15 is 0 Å². The number of ether oxygens (including phenoxy) is 1. The van der Waals surface area contributed by atoms with E-state index in [0.717, 1.165) is 50.5 Å². The number of β-amino-alcohol motifs (C(OH)–C–C–N with tert-alkyl or cyclic N) is 1. The molecule has 0 spiro atoms. The Bertz CT molecular complexity index is 485. The zero-order chi connectivity index (χ0) is 16.6. The minimum absolute atomic E-state index is 0.342. The highest BCUT2D eigenvalue weighted by Gasteiger charge is 2.17. The molecule has 2 fully saturated rings. The summed E-state index contributed by atoms with van der Waals surface area (Å²) in [5.41, 5.74) is 1.12. The Balaban J connectivity index is 1.48. The molecule has 0 bridgehead atoms. The summed E-state index contributed by atoms with van der Waals surface area (Å²) in [5, 5.41) is 12.3. The van der Waals surface area contributed by atoms with Crippen molar-refractivity contribution in [3.05, 3.63) is 29.8 Å². The first-order chi connectivity index (χ1) is 11.8. The first-order valence-electron chi connectivity index (χ1n) is 9.30. The van der Waals surface area contributed by atoms with Crippen LogP contribution in [0, 0.1) is 0 Å². The van der Waals surface area contributed by atoms with Gasteiger partial charge in [-0.3, -0.25) is 4.84 Å². The molecule has 3 rings (SSSR count). The molecular formula is C19H30N2O3. The number of hydrogen-bond acceptors (Lipinski definition) is 5. The molecule has 134 valence electrons. The van der Waals surface area contributed by atoms with Crippen LogP contribution in [-0.4, -0.2) is 60.6 Å². The summed E-state index contributed by atoms with van der Waals surface area (Å²) in [6.07, 6.45) is 5.67. The standard InChI is InChI=1S/C19H30N2O3/c22-18(15-20-10-4-1-5-11-20)16-23-19-9-3-2-8-17(19)14-21-12-6-7-13-24-21/h2-3,8-9,18,22H,1,4-7,10-16H2. The minimum Gasteiger partial charge on any atom is -0.491 e. The van der Waals surface area contributed by atoms with Gasteiger partial charge in [0.25, 0.3) is 0 Å². The molecule has 2 aliphatic rings. The van der Waals surface area contributed by atoms with Crippen LogP contribution in [0.2, 0.25) is 0 Å². The van der Waals surface area contributed by atoms with E-state index < -0.39 is 6.10 Å². The second-order valence-electron chi connectivity index (χ2n) is 6.84. The van der Waals surface area contributed by atoms with Crippen molar-refractivity contribution in [2.24, 2.45) is 0 Å². The molecule has 1 N–H and O–H groups in total. The fourth-order valence-corrected chi connectivity index (χ4v) is 3.42. The van der Waals surface area contributed by atoms with Crippen LogP contribution in [-0.2, 0) is 11.4 Å². The molecule has 0 aromatic heterocycles. The number of aliphatic hydroxyl groups excluding tert-OH is 1. The van der Waals surface area contributed by atoms with Crippen LogP contribution in [0.15, 0.2) is 24.3 Å². The second kappa shape index (κ2) is 9.37. The van der Waals surface area contributed by atoms with Gasteiger partial charge >= 0.3 is 0 Å². The molecule has 1 aromatic carbocycles. The zero-order valence-electron chi connectivity index (χ0n) is 14.5. The highest BCUT2D eigenvalue weighted by molar-refractivity contribution is 5.33. The summed E-state index contributed by atoms with van der Waals surface area (Å²) in [5.74, 6) is 0.851. The van der Waals surface area contributed by atoms with Crippen LogP contribution >= 0.6 is 0 Å². The number of nitrogens with zero attached hydrogens (tertiary/aromatic N) is 2. The maximum Gasteiger partial charge on any atom is 0.124 e. The number of hydroxylamine groups is 2. The first kappa shape index (κ1) is 17.7. The average Bonchev–Trinajstić information content (AvgIpc) is 2.63. The van der Waals surface area contributed by atoms with Crippen molar-refractivity contribution in [3.63, 3.8) is 0 Å². The van der Waals surface area contributed by atoms with Crippen molar-refractivity contribution in [1.82, 2.24) is 9.96 Å². The van der Waals surface area contributed by atoms with Gasteiger partial charge in [-0.15, -0.1) is 0 Å². The van der Waals surface area contributed by atoms with E-state index in [9.17, 15) is 5.11 Å². The third-order valence-electron chi connectivity index (χ3n) is 4.74. The van der Waals surface area contributed by atoms with Gasteiger partial charge in [-0.2, -0.15) is 5.06 Å². The Morgan fingerprint density at radius 3 is 2.62 bits per heavy atom. The quantitative estimate of drug-likeness (QED) is 0.830. The van der Waals surface area contributed by atoms with Crippen LogP contribution in [0.3, 0.4) is 0 Å². The summed E-state index contributed by atoms with van der Waals surface area (Å²) in [6.45, 7) is 5.74. The molecule has 1 unspecified atom stereocenters. The lowest BCUT2D eigenvalue weighted by atomic mass is 10.1. The summed E-state index contributed by atoms with van der Waals surface area (Å²) in [4.78, 5) is 8.02. The van der Waals surface area contributed by atoms with Gasteiger partial charge in [-0.05, 0) is 44.8 Å². The van der Waals surface area contributed by atoms with Crippen LogP contribution < -0.4 is 4.74 Å². The van der Waals surface area contributed by atoms with Crippen molar-refractivity contribution >= 4 is 0 Å². The number of rotatable bonds is 7. The number of likely N-dealkylation sites (tertiary alicyclic amines) is 1. The van der Waals surface area contributed by atoms with E-state index in [1.165, 1.54) is 25.7 Å². The molecule has 0 aliphatic carbocycles. The monoisotopic (exact) mass is 334 g/mol. The zero-order valence-corrected chi connectivity index (χ0v) is 14.5. The number of benzene rings is 1. The van der Waals surface area contributed by atoms with E-state index in [-0.39, 0.29) is 0 Å². The first-order valence-corrected chi connectivity index (χ1v) is 9.30. The highest BCUT2D eigenvalue weighted by atomic mass is 16.7. The highest BCUT2D eigenvalue weighted by Crippen LogP contribution is 2.22. The van der Waals surface area contributed by atoms with Crippen molar-refractivity contribution in [2.75, 3.05) is 39.4 Å². The normalized spacial score (nSPS) is 21.5. The maximum atomic E-state index is 10.3. The SMILES string of the molecule is OC(COc1ccccc1CN1CCCCO1)CN1CCCCC1. The fraction of sp³-hybridized carbons (Fsp3) is 0.684. The maximum absolute atomic E-state index is 10.3. The van der Waals surface area contributed by atoms with Gasteiger partial charge < -0.3 is 14.7 Å². The predicted octanol–water partition coefficient (Wildman–Crippen LogP) is 2.44. The molecule has 5 heteroatoms. The van der Waals surface area contributed by atoms with Gasteiger partial charge in [0.15, 0.2) is 0 Å². The number of piperidine rings is 1. The third-order valence-corrected chi connectivity index (χ3v) is 4.74. The number of hydrogen-bond donors (Lipinski definition) is 1. The second-order valence-corrected chi connectivity index (χ2v) is 6.84. The minimum atomic E-state index is -0.442. The summed E-state index contributed by atoms with van der Waals surface area (Å²) < 4.78 is 5.92. The van der Waals surface area contributed by atoms with Gasteiger partial charge in [0, 0.05) is 18.7 Å². The summed E-state index contributed by atoms with van der Waals surface area (Å²) >= 11 is 0. The third kappa shape index (κ3) is 5.45. The molecule has 2 heterocycles. The molecule has 5 nitrogen and oxygen atoms in total. The number of para-hydroxylation sites is 1. The van der Waals surface area contributed by atoms with Crippen molar-refractivity contribution in [1.29, 1.82) is 0 Å². The van der Waals surface area contributed by atoms with Crippen LogP contribution in [0.5, 0.6) is 5.75 Å². The van der Waals surface area contributed by atoms with E-state index in [1.54, 1.807) is 0 Å². The summed E-state index contributed by atoms with van der Waals surface area (Å²) in [7, 11) is 0. The van der Waals surface area contributed by atoms with E-state index in [0.29, 0.717) is 13.2 Å². The molecule has 2 aliphatic heterocycles. The lowest BCUT2D eigenvalue weighted by Crippen LogP contribution is -2.38. The lowest BCUT2D eigenvalue weighted by molar-refractivity contribution is -0.187. The Morgan fingerprint density at radius 2 is 1.83 bits per heavy atom. The van der Waals surface area contributed by atoms with E-state index in [1.807, 2.05) is 23.3 Å². The van der Waals surface area contributed by atoms with Crippen LogP contribution in [0.25, 0.3) is 0 Å². The van der Waals surface area contributed by atoms with Gasteiger partial charge in [0.1, 0.15) is 18.5 Å². The molecule has 1 aromatic rings. The topological polar surface area (TPSA) is 45.2 Å². The van der Waals surface area contributed by atoms with Gasteiger partial charge in [-0.25, -0.2) is 0 Å². The molecular weight excluding hydrogens is 304 g/mol. The van der Waals surface area contributed by atoms with Crippen LogP contribution in [0.4, 0.5) is 0 Å². The molecule has 1 atom stereocenters. The van der Waals surface area contributed by atoms with Crippen LogP contribution in [0.1, 0.15) is 37.7 Å². The van der Waals surface area contributed by atoms with Gasteiger partial charge in [0.2, 0.25) is 0 Å². The largest absolute Gasteiger partial charge is 0.491 e. The van der Waals surface area contributed by atoms with Crippen molar-refractivity contribution < 1.29 is 14.7 Å². The Hall–Kier alpha value is -1.14. The smallest absolute Gasteiger partial charge is 0.124 e. The molecule has 0 amide bonds.